The van der Waals surface area contributed by atoms with Gasteiger partial charge in [0.15, 0.2) is 0 Å². The van der Waals surface area contributed by atoms with Crippen molar-refractivity contribution in [2.45, 2.75) is 6.92 Å². The first-order chi connectivity index (χ1) is 7.61. The normalized spacial score (nSPS) is 12.8. The van der Waals surface area contributed by atoms with Gasteiger partial charge in [-0.25, -0.2) is 0 Å². The lowest BCUT2D eigenvalue weighted by molar-refractivity contribution is -0.123. The molecule has 0 bridgehead atoms. The van der Waals surface area contributed by atoms with Gasteiger partial charge < -0.3 is 0 Å². The lowest BCUT2D eigenvalue weighted by Gasteiger charge is -1.91. The first-order valence-electron chi connectivity index (χ1n) is 4.84. The molecule has 0 unspecified atom stereocenters. The largest absolute Gasteiger partial charge is 0.289 e. The minimum atomic E-state index is -0.329. The van der Waals surface area contributed by atoms with Crippen molar-refractivity contribution in [3.8, 4) is 0 Å². The summed E-state index contributed by atoms with van der Waals surface area (Å²) in [5, 5.41) is 2.03. The molecule has 0 radical (unpaired) electrons. The minimum absolute atomic E-state index is 0.329. The van der Waals surface area contributed by atoms with E-state index < -0.39 is 0 Å². The van der Waals surface area contributed by atoms with Crippen molar-refractivity contribution in [2.75, 3.05) is 0 Å². The molecule has 1 aromatic rings. The first kappa shape index (κ1) is 11.9. The molecule has 82 valence electrons. The first-order valence-corrected chi connectivity index (χ1v) is 4.84. The van der Waals surface area contributed by atoms with Gasteiger partial charge in [0.05, 0.1) is 0 Å². The zero-order chi connectivity index (χ0) is 12.0. The second-order valence-corrected chi connectivity index (χ2v) is 3.30. The topological polar surface area (TPSA) is 46.2 Å². The van der Waals surface area contributed by atoms with E-state index in [1.807, 2.05) is 11.4 Å². The highest BCUT2D eigenvalue weighted by Crippen LogP contribution is 2.02. The van der Waals surface area contributed by atoms with Crippen LogP contribution >= 0.6 is 0 Å². The monoisotopic (exact) mass is 215 g/mol. The molecule has 0 aromatic heterocycles. The van der Waals surface area contributed by atoms with E-state index in [1.165, 1.54) is 23.3 Å². The van der Waals surface area contributed by atoms with Gasteiger partial charge in [0, 0.05) is 12.2 Å². The van der Waals surface area contributed by atoms with Crippen LogP contribution in [0.3, 0.4) is 0 Å². The molecule has 1 heterocycles. The summed E-state index contributed by atoms with van der Waals surface area (Å²) >= 11 is 0. The van der Waals surface area contributed by atoms with Crippen molar-refractivity contribution in [1.82, 2.24) is 5.32 Å². The summed E-state index contributed by atoms with van der Waals surface area (Å²) in [4.78, 5) is 20.1. The molecule has 3 nitrogen and oxygen atoms in total. The second kappa shape index (κ2) is 5.66. The lowest BCUT2D eigenvalue weighted by atomic mass is 10.2. The predicted octanol–water partition coefficient (Wildman–Crippen LogP) is 1.84. The molecule has 0 aliphatic carbocycles. The number of carbonyl (C=O) groups is 2. The van der Waals surface area contributed by atoms with Crippen molar-refractivity contribution in [1.29, 1.82) is 0 Å². The molecule has 2 rings (SSSR count). The summed E-state index contributed by atoms with van der Waals surface area (Å²) in [5.74, 6) is -0.657. The average Bonchev–Trinajstić information content (AvgIpc) is 2.65. The molecule has 0 spiro atoms. The Morgan fingerprint density at radius 3 is 1.88 bits per heavy atom. The fourth-order valence-electron chi connectivity index (χ4n) is 1.06. The van der Waals surface area contributed by atoms with Crippen LogP contribution in [0.5, 0.6) is 0 Å². The van der Waals surface area contributed by atoms with Crippen LogP contribution in [0.4, 0.5) is 0 Å². The Kier molecular flexibility index (Phi) is 4.21. The van der Waals surface area contributed by atoms with Crippen molar-refractivity contribution in [3.63, 3.8) is 0 Å². The van der Waals surface area contributed by atoms with E-state index in [4.69, 9.17) is 0 Å². The zero-order valence-corrected chi connectivity index (χ0v) is 9.07. The van der Waals surface area contributed by atoms with Gasteiger partial charge in [0.1, 0.15) is 0 Å². The SMILES string of the molecule is C=Cc1ccc(C)cc1.O=C1C=CC(=O)N1. The Morgan fingerprint density at radius 1 is 1.06 bits per heavy atom. The van der Waals surface area contributed by atoms with Crippen LogP contribution in [0, 0.1) is 6.92 Å². The number of aryl methyl sites for hydroxylation is 1. The van der Waals surface area contributed by atoms with Crippen LogP contribution in [0.2, 0.25) is 0 Å². The summed E-state index contributed by atoms with van der Waals surface area (Å²) < 4.78 is 0. The maximum atomic E-state index is 10.0. The van der Waals surface area contributed by atoms with Crippen molar-refractivity contribution < 1.29 is 9.59 Å². The van der Waals surface area contributed by atoms with E-state index in [0.29, 0.717) is 0 Å². The quantitative estimate of drug-likeness (QED) is 0.726. The molecule has 0 saturated heterocycles. The Balaban J connectivity index is 0.000000165. The van der Waals surface area contributed by atoms with Crippen LogP contribution in [0.25, 0.3) is 6.08 Å². The van der Waals surface area contributed by atoms with Gasteiger partial charge in [-0.3, -0.25) is 14.9 Å². The van der Waals surface area contributed by atoms with Crippen LogP contribution in [-0.4, -0.2) is 11.8 Å². The Bertz CT molecular complexity index is 414. The van der Waals surface area contributed by atoms with Crippen LogP contribution in [0.1, 0.15) is 11.1 Å². The number of rotatable bonds is 1. The van der Waals surface area contributed by atoms with E-state index in [2.05, 4.69) is 37.8 Å². The van der Waals surface area contributed by atoms with Crippen molar-refractivity contribution in [2.24, 2.45) is 0 Å². The molecule has 0 fully saturated rings. The Labute approximate surface area is 94.5 Å². The van der Waals surface area contributed by atoms with Crippen molar-refractivity contribution >= 4 is 17.9 Å². The Morgan fingerprint density at radius 2 is 1.56 bits per heavy atom. The molecule has 1 aliphatic rings. The highest BCUT2D eigenvalue weighted by Gasteiger charge is 2.06. The van der Waals surface area contributed by atoms with Crippen LogP contribution in [0.15, 0.2) is 43.0 Å². The molecule has 1 aromatic carbocycles. The smallest absolute Gasteiger partial charge is 0.250 e. The maximum Gasteiger partial charge on any atom is 0.250 e. The highest BCUT2D eigenvalue weighted by molar-refractivity contribution is 6.12. The fraction of sp³-hybridized carbons (Fsp3) is 0.0769. The number of imide groups is 1. The number of hydrogen-bond acceptors (Lipinski definition) is 2. The average molecular weight is 215 g/mol. The van der Waals surface area contributed by atoms with Gasteiger partial charge in [-0.15, -0.1) is 0 Å². The molecule has 1 aliphatic heterocycles. The standard InChI is InChI=1S/C9H10.C4H3NO2/c1-3-9-6-4-8(2)5-7-9;6-3-1-2-4(7)5-3/h3-7H,1H2,2H3;1-2H,(H,5,6,7). The summed E-state index contributed by atoms with van der Waals surface area (Å²) in [6.07, 6.45) is 4.24. The molecule has 1 N–H and O–H groups in total. The summed E-state index contributed by atoms with van der Waals surface area (Å²) in [7, 11) is 0. The van der Waals surface area contributed by atoms with Gasteiger partial charge in [-0.1, -0.05) is 42.5 Å². The summed E-state index contributed by atoms with van der Waals surface area (Å²) in [5.41, 5.74) is 2.47. The third-order valence-corrected chi connectivity index (χ3v) is 1.95. The fourth-order valence-corrected chi connectivity index (χ4v) is 1.06. The number of carbonyl (C=O) groups excluding carboxylic acids is 2. The summed E-state index contributed by atoms with van der Waals surface area (Å²) in [6.45, 7) is 5.74. The van der Waals surface area contributed by atoms with E-state index >= 15 is 0 Å². The molecule has 2 amide bonds. The number of nitrogens with one attached hydrogen (secondary N) is 1. The third-order valence-electron chi connectivity index (χ3n) is 1.95. The van der Waals surface area contributed by atoms with Crippen LogP contribution < -0.4 is 5.32 Å². The molecule has 16 heavy (non-hydrogen) atoms. The number of benzene rings is 1. The van der Waals surface area contributed by atoms with Gasteiger partial charge in [0.25, 0.3) is 11.8 Å². The third kappa shape index (κ3) is 3.92. The maximum absolute atomic E-state index is 10.0. The lowest BCUT2D eigenvalue weighted by Crippen LogP contribution is -2.19. The molecular formula is C13H13NO2. The van der Waals surface area contributed by atoms with Gasteiger partial charge in [0.2, 0.25) is 0 Å². The number of amides is 2. The number of hydrogen-bond donors (Lipinski definition) is 1. The van der Waals surface area contributed by atoms with E-state index in [1.54, 1.807) is 0 Å². The van der Waals surface area contributed by atoms with E-state index in [-0.39, 0.29) is 11.8 Å². The Hall–Kier alpha value is -2.16. The molecule has 0 atom stereocenters. The molecular weight excluding hydrogens is 202 g/mol. The van der Waals surface area contributed by atoms with E-state index in [9.17, 15) is 9.59 Å². The molecule has 0 saturated carbocycles. The highest BCUT2D eigenvalue weighted by atomic mass is 16.2. The van der Waals surface area contributed by atoms with Crippen LogP contribution in [-0.2, 0) is 9.59 Å². The second-order valence-electron chi connectivity index (χ2n) is 3.30. The van der Waals surface area contributed by atoms with Crippen molar-refractivity contribution in [3.05, 3.63) is 54.1 Å². The minimum Gasteiger partial charge on any atom is -0.289 e. The zero-order valence-electron chi connectivity index (χ0n) is 9.07. The van der Waals surface area contributed by atoms with Gasteiger partial charge >= 0.3 is 0 Å². The van der Waals surface area contributed by atoms with E-state index in [0.717, 1.165) is 0 Å². The summed E-state index contributed by atoms with van der Waals surface area (Å²) in [6, 6.07) is 8.28. The van der Waals surface area contributed by atoms with Gasteiger partial charge in [-0.05, 0) is 12.5 Å². The predicted molar refractivity (Wildman–Crippen MR) is 63.6 cm³/mol. The molecule has 3 heteroatoms. The van der Waals surface area contributed by atoms with Gasteiger partial charge in [-0.2, -0.15) is 0 Å².